The molecule has 32 heavy (non-hydrogen) atoms. The van der Waals surface area contributed by atoms with Crippen molar-refractivity contribution in [2.75, 3.05) is 12.8 Å². The second-order valence-corrected chi connectivity index (χ2v) is 7.52. The topological polar surface area (TPSA) is 103 Å². The Kier molecular flexibility index (Phi) is 6.13. The Labute approximate surface area is 188 Å². The van der Waals surface area contributed by atoms with Crippen LogP contribution in [0.4, 0.5) is 10.1 Å². The van der Waals surface area contributed by atoms with E-state index in [1.165, 1.54) is 13.3 Å². The molecule has 0 aliphatic heterocycles. The first-order valence-corrected chi connectivity index (χ1v) is 10.1. The minimum Gasteiger partial charge on any atom is -0.491 e. The number of fused-ring (bicyclic) bond motifs is 1. The number of ether oxygens (including phenoxy) is 1. The molecule has 0 fully saturated rings. The van der Waals surface area contributed by atoms with Gasteiger partial charge in [0.1, 0.15) is 0 Å². The van der Waals surface area contributed by atoms with Crippen molar-refractivity contribution in [2.24, 2.45) is 0 Å². The number of hydrogen-bond acceptors (Lipinski definition) is 6. The minimum absolute atomic E-state index is 0.0297. The highest BCUT2D eigenvalue weighted by Gasteiger charge is 2.15. The fourth-order valence-electron chi connectivity index (χ4n) is 3.31. The number of pyridine rings is 3. The first-order chi connectivity index (χ1) is 15.4. The van der Waals surface area contributed by atoms with E-state index >= 15 is 0 Å². The van der Waals surface area contributed by atoms with E-state index in [1.807, 2.05) is 24.3 Å². The van der Waals surface area contributed by atoms with E-state index in [4.69, 9.17) is 22.1 Å². The zero-order chi connectivity index (χ0) is 22.7. The van der Waals surface area contributed by atoms with E-state index in [0.29, 0.717) is 22.7 Å². The van der Waals surface area contributed by atoms with E-state index in [9.17, 15) is 9.18 Å². The van der Waals surface area contributed by atoms with Gasteiger partial charge in [-0.1, -0.05) is 17.7 Å². The third-order valence-electron chi connectivity index (χ3n) is 4.87. The molecule has 1 amide bonds. The van der Waals surface area contributed by atoms with Gasteiger partial charge in [-0.05, 0) is 35.9 Å². The van der Waals surface area contributed by atoms with E-state index in [-0.39, 0.29) is 29.6 Å². The number of carbonyl (C=O) groups excluding carboxylic acids is 1. The molecule has 3 heterocycles. The molecule has 4 rings (SSSR count). The van der Waals surface area contributed by atoms with E-state index < -0.39 is 5.82 Å². The molecular weight excluding hydrogens is 433 g/mol. The zero-order valence-corrected chi connectivity index (χ0v) is 17.9. The van der Waals surface area contributed by atoms with Crippen LogP contribution in [0.25, 0.3) is 10.9 Å². The largest absolute Gasteiger partial charge is 0.491 e. The van der Waals surface area contributed by atoms with E-state index in [2.05, 4.69) is 20.3 Å². The molecule has 0 atom stereocenters. The Morgan fingerprint density at radius 2 is 2.00 bits per heavy atom. The highest BCUT2D eigenvalue weighted by atomic mass is 35.5. The van der Waals surface area contributed by atoms with Crippen molar-refractivity contribution >= 4 is 34.1 Å². The van der Waals surface area contributed by atoms with Crippen LogP contribution in [0.1, 0.15) is 27.3 Å². The summed E-state index contributed by atoms with van der Waals surface area (Å²) >= 11 is 6.03. The molecule has 0 saturated heterocycles. The van der Waals surface area contributed by atoms with Crippen LogP contribution in [0.15, 0.2) is 55.0 Å². The number of rotatable bonds is 6. The average Bonchev–Trinajstić information content (AvgIpc) is 2.78. The van der Waals surface area contributed by atoms with Crippen LogP contribution < -0.4 is 15.8 Å². The van der Waals surface area contributed by atoms with Crippen molar-refractivity contribution in [3.63, 3.8) is 0 Å². The maximum Gasteiger partial charge on any atom is 0.251 e. The van der Waals surface area contributed by atoms with Crippen molar-refractivity contribution in [1.29, 1.82) is 0 Å². The number of halogens is 2. The predicted octanol–water partition coefficient (Wildman–Crippen LogP) is 3.93. The summed E-state index contributed by atoms with van der Waals surface area (Å²) in [6.45, 7) is -0.114. The molecule has 4 aromatic rings. The fourth-order valence-corrected chi connectivity index (χ4v) is 3.47. The van der Waals surface area contributed by atoms with Gasteiger partial charge in [0, 0.05) is 35.5 Å². The highest BCUT2D eigenvalue weighted by molar-refractivity contribution is 6.31. The summed E-state index contributed by atoms with van der Waals surface area (Å²) in [7, 11) is 1.32. The smallest absolute Gasteiger partial charge is 0.251 e. The Morgan fingerprint density at radius 1 is 1.16 bits per heavy atom. The summed E-state index contributed by atoms with van der Waals surface area (Å²) in [5, 5.41) is 4.15. The lowest BCUT2D eigenvalue weighted by Gasteiger charge is -2.10. The highest BCUT2D eigenvalue weighted by Crippen LogP contribution is 2.25. The number of anilines is 1. The summed E-state index contributed by atoms with van der Waals surface area (Å²) in [6.07, 6.45) is 4.99. The molecule has 0 aliphatic rings. The minimum atomic E-state index is -0.700. The molecule has 0 spiro atoms. The number of nitrogen functional groups attached to an aromatic ring is 1. The third-order valence-corrected chi connectivity index (χ3v) is 5.08. The summed E-state index contributed by atoms with van der Waals surface area (Å²) in [5.74, 6) is -1.17. The molecule has 162 valence electrons. The number of nitrogens with zero attached hydrogens (tertiary/aromatic N) is 3. The van der Waals surface area contributed by atoms with Crippen molar-refractivity contribution < 1.29 is 13.9 Å². The Balaban J connectivity index is 1.47. The second kappa shape index (κ2) is 9.15. The molecule has 0 saturated carbocycles. The van der Waals surface area contributed by atoms with Crippen LogP contribution in [0.3, 0.4) is 0 Å². The fraction of sp³-hybridized carbons (Fsp3) is 0.130. The standard InChI is InChI=1S/C23H19ClFN5O2/c1-32-22-18(26)11-29-20(21(22)25)12-30-23(31)14-4-5-27-17(9-14)7-13-2-3-19-15(6-13)8-16(24)10-28-19/h2-6,8-11H,7,12,26H2,1H3,(H,30,31). The van der Waals surface area contributed by atoms with Gasteiger partial charge < -0.3 is 15.8 Å². The van der Waals surface area contributed by atoms with Gasteiger partial charge in [0.05, 0.1) is 41.8 Å². The number of nitrogens with two attached hydrogens (primary N) is 1. The summed E-state index contributed by atoms with van der Waals surface area (Å²) in [6, 6.07) is 11.0. The van der Waals surface area contributed by atoms with Crippen LogP contribution in [0.5, 0.6) is 5.75 Å². The average molecular weight is 452 g/mol. The molecule has 0 bridgehead atoms. The number of carbonyl (C=O) groups is 1. The molecule has 0 unspecified atom stereocenters. The van der Waals surface area contributed by atoms with Crippen molar-refractivity contribution in [1.82, 2.24) is 20.3 Å². The maximum atomic E-state index is 14.4. The lowest BCUT2D eigenvalue weighted by Crippen LogP contribution is -2.24. The van der Waals surface area contributed by atoms with Crippen LogP contribution >= 0.6 is 11.6 Å². The van der Waals surface area contributed by atoms with Crippen molar-refractivity contribution in [2.45, 2.75) is 13.0 Å². The van der Waals surface area contributed by atoms with Gasteiger partial charge in [-0.15, -0.1) is 0 Å². The molecule has 9 heteroatoms. The van der Waals surface area contributed by atoms with Gasteiger partial charge in [0.2, 0.25) is 0 Å². The molecular formula is C23H19ClFN5O2. The van der Waals surface area contributed by atoms with Crippen LogP contribution in [0, 0.1) is 5.82 Å². The zero-order valence-electron chi connectivity index (χ0n) is 17.1. The first kappa shape index (κ1) is 21.5. The predicted molar refractivity (Wildman–Crippen MR) is 120 cm³/mol. The van der Waals surface area contributed by atoms with Crippen LogP contribution in [-0.2, 0) is 13.0 Å². The van der Waals surface area contributed by atoms with E-state index in [1.54, 1.807) is 24.5 Å². The molecule has 0 aliphatic carbocycles. The normalized spacial score (nSPS) is 10.8. The number of benzene rings is 1. The SMILES string of the molecule is COc1c(N)cnc(CNC(=O)c2ccnc(Cc3ccc4ncc(Cl)cc4c3)c2)c1F. The van der Waals surface area contributed by atoms with Crippen molar-refractivity contribution in [3.05, 3.63) is 88.3 Å². The van der Waals surface area contributed by atoms with Gasteiger partial charge in [0.25, 0.3) is 5.91 Å². The Bertz CT molecular complexity index is 1320. The number of methoxy groups -OCH3 is 1. The van der Waals surface area contributed by atoms with Crippen molar-refractivity contribution in [3.8, 4) is 5.75 Å². The number of nitrogens with one attached hydrogen (secondary N) is 1. The van der Waals surface area contributed by atoms with Gasteiger partial charge in [-0.2, -0.15) is 0 Å². The molecule has 0 radical (unpaired) electrons. The van der Waals surface area contributed by atoms with E-state index in [0.717, 1.165) is 16.5 Å². The van der Waals surface area contributed by atoms with Crippen LogP contribution in [-0.4, -0.2) is 28.0 Å². The molecule has 7 nitrogen and oxygen atoms in total. The summed E-state index contributed by atoms with van der Waals surface area (Å²) in [5.41, 5.74) is 8.72. The molecule has 1 aromatic carbocycles. The lowest BCUT2D eigenvalue weighted by molar-refractivity contribution is 0.0949. The van der Waals surface area contributed by atoms with Gasteiger partial charge in [-0.3, -0.25) is 19.7 Å². The van der Waals surface area contributed by atoms with Gasteiger partial charge in [-0.25, -0.2) is 4.39 Å². The summed E-state index contributed by atoms with van der Waals surface area (Å²) in [4.78, 5) is 25.2. The quantitative estimate of drug-likeness (QED) is 0.460. The lowest BCUT2D eigenvalue weighted by atomic mass is 10.0. The van der Waals surface area contributed by atoms with Crippen LogP contribution in [0.2, 0.25) is 5.02 Å². The molecule has 3 N–H and O–H groups in total. The number of aromatic nitrogens is 3. The summed E-state index contributed by atoms with van der Waals surface area (Å²) < 4.78 is 19.3. The number of hydrogen-bond donors (Lipinski definition) is 2. The van der Waals surface area contributed by atoms with Gasteiger partial charge in [0.15, 0.2) is 11.6 Å². The number of amides is 1. The Hall–Kier alpha value is -3.78. The van der Waals surface area contributed by atoms with Gasteiger partial charge >= 0.3 is 0 Å². The molecule has 3 aromatic heterocycles. The monoisotopic (exact) mass is 451 g/mol. The Morgan fingerprint density at radius 3 is 2.81 bits per heavy atom. The maximum absolute atomic E-state index is 14.4. The second-order valence-electron chi connectivity index (χ2n) is 7.08. The first-order valence-electron chi connectivity index (χ1n) is 9.68. The third kappa shape index (κ3) is 4.60.